The number of cyclic esters (lactones) is 1. The molecule has 1 unspecified atom stereocenters. The molecule has 0 aromatic heterocycles. The predicted molar refractivity (Wildman–Crippen MR) is 30.5 cm³/mol. The minimum Gasteiger partial charge on any atom is -0.432 e. The highest BCUT2D eigenvalue weighted by Gasteiger charge is 2.20. The van der Waals surface area contributed by atoms with Crippen molar-refractivity contribution in [1.82, 2.24) is 0 Å². The van der Waals surface area contributed by atoms with Crippen molar-refractivity contribution in [3.8, 4) is 0 Å². The van der Waals surface area contributed by atoms with E-state index in [0.29, 0.717) is 12.2 Å². The van der Waals surface area contributed by atoms with Crippen LogP contribution < -0.4 is 0 Å². The molecule has 1 N–H and O–H groups in total. The Kier molecular flexibility index (Phi) is 1.53. The van der Waals surface area contributed by atoms with Crippen molar-refractivity contribution < 1.29 is 14.6 Å². The van der Waals surface area contributed by atoms with Gasteiger partial charge in [0, 0.05) is 6.42 Å². The van der Waals surface area contributed by atoms with E-state index in [4.69, 9.17) is 5.11 Å². The first-order chi connectivity index (χ1) is 4.18. The minimum atomic E-state index is -0.584. The number of carbonyl (C=O) groups is 1. The van der Waals surface area contributed by atoms with Crippen LogP contribution in [0.1, 0.15) is 12.8 Å². The van der Waals surface area contributed by atoms with Gasteiger partial charge in [-0.1, -0.05) is 6.58 Å². The summed E-state index contributed by atoms with van der Waals surface area (Å²) in [6.07, 6.45) is -0.108. The van der Waals surface area contributed by atoms with Gasteiger partial charge in [0.1, 0.15) is 5.76 Å². The summed E-state index contributed by atoms with van der Waals surface area (Å²) in [6.45, 7) is 3.41. The van der Waals surface area contributed by atoms with Crippen molar-refractivity contribution in [1.29, 1.82) is 0 Å². The molecule has 1 rings (SSSR count). The zero-order valence-electron chi connectivity index (χ0n) is 4.96. The lowest BCUT2D eigenvalue weighted by molar-refractivity contribution is -0.145. The molecule has 0 radical (unpaired) electrons. The smallest absolute Gasteiger partial charge is 0.313 e. The molecule has 1 fully saturated rings. The summed E-state index contributed by atoms with van der Waals surface area (Å²) in [5, 5.41) is 8.89. The fourth-order valence-corrected chi connectivity index (χ4v) is 0.772. The second-order valence-electron chi connectivity index (χ2n) is 2.07. The highest BCUT2D eigenvalue weighted by Crippen LogP contribution is 2.15. The Morgan fingerprint density at radius 2 is 2.33 bits per heavy atom. The Bertz CT molecular complexity index is 134. The summed E-state index contributed by atoms with van der Waals surface area (Å²) in [4.78, 5) is 10.4. The molecule has 0 aromatic rings. The van der Waals surface area contributed by atoms with Crippen LogP contribution in [0.4, 0.5) is 0 Å². The normalized spacial score (nSPS) is 27.9. The van der Waals surface area contributed by atoms with E-state index in [2.05, 4.69) is 11.3 Å². The fourth-order valence-electron chi connectivity index (χ4n) is 0.772. The molecule has 1 atom stereocenters. The second-order valence-corrected chi connectivity index (χ2v) is 2.07. The van der Waals surface area contributed by atoms with Crippen molar-refractivity contribution in [3.05, 3.63) is 12.3 Å². The van der Waals surface area contributed by atoms with Crippen molar-refractivity contribution in [3.63, 3.8) is 0 Å². The molecule has 3 nitrogen and oxygen atoms in total. The van der Waals surface area contributed by atoms with E-state index in [-0.39, 0.29) is 6.42 Å². The molecule has 0 saturated carbocycles. The molecule has 1 saturated heterocycles. The number of hydrogen-bond donors (Lipinski definition) is 1. The van der Waals surface area contributed by atoms with Crippen LogP contribution in [0.25, 0.3) is 0 Å². The van der Waals surface area contributed by atoms with Crippen molar-refractivity contribution >= 4 is 5.97 Å². The Balaban J connectivity index is 2.53. The molecule has 1 heterocycles. The molecular formula is C6H8O3. The maximum absolute atomic E-state index is 10.4. The van der Waals surface area contributed by atoms with Gasteiger partial charge in [0.05, 0.1) is 12.5 Å². The molecule has 50 valence electrons. The van der Waals surface area contributed by atoms with Gasteiger partial charge in [0.2, 0.25) is 0 Å². The summed E-state index contributed by atoms with van der Waals surface area (Å²) in [5.74, 6) is -0.0301. The molecule has 0 aromatic carbocycles. The molecule has 1 aliphatic heterocycles. The van der Waals surface area contributed by atoms with Crippen LogP contribution in [0.15, 0.2) is 12.3 Å². The number of esters is 1. The first kappa shape index (κ1) is 6.29. The van der Waals surface area contributed by atoms with Crippen molar-refractivity contribution in [2.75, 3.05) is 0 Å². The Morgan fingerprint density at radius 3 is 2.78 bits per heavy atom. The topological polar surface area (TPSA) is 46.5 Å². The van der Waals surface area contributed by atoms with Crippen LogP contribution in [0.3, 0.4) is 0 Å². The Labute approximate surface area is 52.9 Å². The molecular weight excluding hydrogens is 120 g/mol. The van der Waals surface area contributed by atoms with Crippen molar-refractivity contribution in [2.24, 2.45) is 0 Å². The summed E-state index contributed by atoms with van der Waals surface area (Å²) < 4.78 is 4.56. The Morgan fingerprint density at radius 1 is 1.67 bits per heavy atom. The fraction of sp³-hybridized carbons (Fsp3) is 0.500. The van der Waals surface area contributed by atoms with Gasteiger partial charge in [-0.25, -0.2) is 0 Å². The number of carbonyl (C=O) groups excluding carboxylic acids is 1. The predicted octanol–water partition coefficient (Wildman–Crippen LogP) is 0.198. The van der Waals surface area contributed by atoms with E-state index in [1.807, 2.05) is 0 Å². The summed E-state index contributed by atoms with van der Waals surface area (Å²) in [6, 6.07) is 0. The molecule has 0 aliphatic carbocycles. The maximum atomic E-state index is 10.4. The lowest BCUT2D eigenvalue weighted by Crippen LogP contribution is -2.22. The number of rotatable bonds is 0. The molecule has 3 heteroatoms. The average molecular weight is 128 g/mol. The lowest BCUT2D eigenvalue weighted by atomic mass is 10.1. The first-order valence-electron chi connectivity index (χ1n) is 2.75. The van der Waals surface area contributed by atoms with Gasteiger partial charge < -0.3 is 9.84 Å². The monoisotopic (exact) mass is 128 g/mol. The van der Waals surface area contributed by atoms with Gasteiger partial charge in [0.15, 0.2) is 0 Å². The zero-order valence-corrected chi connectivity index (χ0v) is 4.96. The summed E-state index contributed by atoms with van der Waals surface area (Å²) in [5.41, 5.74) is 0. The van der Waals surface area contributed by atoms with Gasteiger partial charge in [-0.3, -0.25) is 4.79 Å². The van der Waals surface area contributed by atoms with E-state index in [9.17, 15) is 4.79 Å². The quantitative estimate of drug-likeness (QED) is 0.474. The van der Waals surface area contributed by atoms with E-state index in [1.165, 1.54) is 0 Å². The second kappa shape index (κ2) is 2.19. The van der Waals surface area contributed by atoms with Crippen LogP contribution in [0.5, 0.6) is 0 Å². The minimum absolute atomic E-state index is 0.0962. The van der Waals surface area contributed by atoms with Crippen LogP contribution in [-0.2, 0) is 9.53 Å². The lowest BCUT2D eigenvalue weighted by Gasteiger charge is -2.17. The van der Waals surface area contributed by atoms with E-state index >= 15 is 0 Å². The third-order valence-corrected chi connectivity index (χ3v) is 1.12. The highest BCUT2D eigenvalue weighted by atomic mass is 16.5. The van der Waals surface area contributed by atoms with Gasteiger partial charge in [-0.2, -0.15) is 0 Å². The third kappa shape index (κ3) is 1.54. The van der Waals surface area contributed by atoms with Crippen LogP contribution in [0, 0.1) is 0 Å². The number of aliphatic hydroxyl groups excluding tert-OH is 1. The standard InChI is InChI=1S/C6H8O3/c1-4-2-5(7)3-6(8)9-4/h5,7H,1-3H2. The van der Waals surface area contributed by atoms with E-state index in [1.54, 1.807) is 0 Å². The number of hydrogen-bond acceptors (Lipinski definition) is 3. The molecule has 0 amide bonds. The summed E-state index contributed by atoms with van der Waals surface area (Å²) >= 11 is 0. The average Bonchev–Trinajstić information content (AvgIpc) is 1.59. The zero-order chi connectivity index (χ0) is 6.85. The SMILES string of the molecule is C=C1CC(O)CC(=O)O1. The Hall–Kier alpha value is -0.830. The van der Waals surface area contributed by atoms with Crippen LogP contribution >= 0.6 is 0 Å². The van der Waals surface area contributed by atoms with E-state index < -0.39 is 12.1 Å². The van der Waals surface area contributed by atoms with Gasteiger partial charge in [-0.15, -0.1) is 0 Å². The molecule has 0 bridgehead atoms. The van der Waals surface area contributed by atoms with Gasteiger partial charge >= 0.3 is 5.97 Å². The maximum Gasteiger partial charge on any atom is 0.313 e. The van der Waals surface area contributed by atoms with Crippen LogP contribution in [0.2, 0.25) is 0 Å². The highest BCUT2D eigenvalue weighted by molar-refractivity contribution is 5.72. The first-order valence-corrected chi connectivity index (χ1v) is 2.75. The van der Waals surface area contributed by atoms with Crippen molar-refractivity contribution in [2.45, 2.75) is 18.9 Å². The van der Waals surface area contributed by atoms with Gasteiger partial charge in [-0.05, 0) is 0 Å². The molecule has 9 heavy (non-hydrogen) atoms. The summed E-state index contributed by atoms with van der Waals surface area (Å²) in [7, 11) is 0. The van der Waals surface area contributed by atoms with E-state index in [0.717, 1.165) is 0 Å². The number of aliphatic hydroxyl groups is 1. The molecule has 1 aliphatic rings. The molecule has 0 spiro atoms. The number of ether oxygens (including phenoxy) is 1. The van der Waals surface area contributed by atoms with Gasteiger partial charge in [0.25, 0.3) is 0 Å². The third-order valence-electron chi connectivity index (χ3n) is 1.12. The van der Waals surface area contributed by atoms with Crippen LogP contribution in [-0.4, -0.2) is 17.2 Å². The largest absolute Gasteiger partial charge is 0.432 e.